The van der Waals surface area contributed by atoms with Gasteiger partial charge in [-0.1, -0.05) is 293 Å². The Bertz CT molecular complexity index is 5520. The fraction of sp³-hybridized carbons (Fsp3) is 0.235. The second kappa shape index (κ2) is 22.2. The summed E-state index contributed by atoms with van der Waals surface area (Å²) in [6.07, 6.45) is 5.78. The first-order valence-corrected chi connectivity index (χ1v) is 38.2. The summed E-state index contributed by atoms with van der Waals surface area (Å²) in [5, 5.41) is 0. The van der Waals surface area contributed by atoms with Gasteiger partial charge in [-0.2, -0.15) is 0 Å². The van der Waals surface area contributed by atoms with Gasteiger partial charge in [-0.25, -0.2) is 0 Å². The third-order valence-corrected chi connectivity index (χ3v) is 27.4. The van der Waals surface area contributed by atoms with Crippen molar-refractivity contribution in [1.82, 2.24) is 0 Å². The molecule has 0 atom stereocenters. The van der Waals surface area contributed by atoms with E-state index in [-0.39, 0.29) is 16.2 Å². The molecular weight excluding hydrogens is 1230 g/mol. The normalized spacial score (nSPS) is 16.4. The molecule has 6 aliphatic carbocycles. The first kappa shape index (κ1) is 62.8. The fourth-order valence-corrected chi connectivity index (χ4v) is 22.3. The summed E-state index contributed by atoms with van der Waals surface area (Å²) in [4.78, 5) is 0. The van der Waals surface area contributed by atoms with Crippen LogP contribution in [0, 0.1) is 41.5 Å². The second-order valence-electron chi connectivity index (χ2n) is 31.5. The average Bonchev–Trinajstić information content (AvgIpc) is 1.47. The molecule has 0 heteroatoms. The molecule has 0 nitrogen and oxygen atoms in total. The Morgan fingerprint density at radius 1 is 0.186 bits per heavy atom. The van der Waals surface area contributed by atoms with Crippen molar-refractivity contribution in [2.75, 3.05) is 0 Å². The minimum atomic E-state index is -0.605. The number of benzene rings is 13. The molecule has 13 aromatic rings. The highest BCUT2D eigenvalue weighted by atomic mass is 14.6. The number of hydrogen-bond donors (Lipinski definition) is 0. The van der Waals surface area contributed by atoms with Crippen LogP contribution >= 0.6 is 0 Å². The molecule has 0 spiro atoms. The highest BCUT2D eigenvalue weighted by Gasteiger charge is 2.60. The van der Waals surface area contributed by atoms with E-state index in [1.165, 1.54) is 184 Å². The molecule has 0 saturated heterocycles. The first-order chi connectivity index (χ1) is 49.7. The highest BCUT2D eigenvalue weighted by molar-refractivity contribution is 6.09. The van der Waals surface area contributed by atoms with E-state index in [2.05, 4.69) is 338 Å². The van der Waals surface area contributed by atoms with Crippen LogP contribution in [0.4, 0.5) is 0 Å². The predicted octanol–water partition coefficient (Wildman–Crippen LogP) is 25.9. The van der Waals surface area contributed by atoms with Crippen LogP contribution < -0.4 is 0 Å². The standard InChI is InChI=1S/C102H90/c1-13-97(14-2)85-55-76-73-25-19-22-28-82(73)100(67-43-31-61(7)32-44-67,68-45-33-62(8)34-46-68)88(76)58-79(85)91-92-80-59-89-77(74-26-20-23-29-83(74)101(89,69-47-35-63(9)36-48-69)70-49-37-64(10)38-50-70)56-86(80)98(15-3,16-4)95(92)96-93(94(91)97)81-60-90-78(57-87(81)99(96,17-5)18-6)75-27-21-24-30-84(75)102(90,71-51-39-65(11)40-52-71)72-53-41-66(12)42-54-72/h19-60H,13-18H2,1-12H3. The van der Waals surface area contributed by atoms with Crippen molar-refractivity contribution in [3.05, 3.63) is 388 Å². The van der Waals surface area contributed by atoms with E-state index in [1.807, 2.05) is 0 Å². The third kappa shape index (κ3) is 7.63. The van der Waals surface area contributed by atoms with Crippen LogP contribution in [0.2, 0.25) is 0 Å². The van der Waals surface area contributed by atoms with Crippen LogP contribution in [-0.4, -0.2) is 0 Å². The van der Waals surface area contributed by atoms with E-state index in [1.54, 1.807) is 16.7 Å². The molecule has 6 aliphatic rings. The maximum absolute atomic E-state index is 2.82. The summed E-state index contributed by atoms with van der Waals surface area (Å²) in [6.45, 7) is 28.7. The number of hydrogen-bond acceptors (Lipinski definition) is 0. The Labute approximate surface area is 605 Å². The summed E-state index contributed by atoms with van der Waals surface area (Å²) < 4.78 is 0. The van der Waals surface area contributed by atoms with Gasteiger partial charge >= 0.3 is 0 Å². The predicted molar refractivity (Wildman–Crippen MR) is 427 cm³/mol. The maximum Gasteiger partial charge on any atom is 0.0713 e. The average molecular weight is 1320 g/mol. The minimum absolute atomic E-state index is 0.331. The van der Waals surface area contributed by atoms with Crippen molar-refractivity contribution in [1.29, 1.82) is 0 Å². The molecule has 0 bridgehead atoms. The van der Waals surface area contributed by atoms with Gasteiger partial charge in [-0.05, 0) is 283 Å². The monoisotopic (exact) mass is 1310 g/mol. The molecule has 498 valence electrons. The van der Waals surface area contributed by atoms with E-state index >= 15 is 0 Å². The first-order valence-electron chi connectivity index (χ1n) is 38.2. The molecule has 0 N–H and O–H groups in total. The van der Waals surface area contributed by atoms with Gasteiger partial charge in [-0.15, -0.1) is 0 Å². The molecular formula is C102H90. The smallest absolute Gasteiger partial charge is 0.0642 e. The van der Waals surface area contributed by atoms with Gasteiger partial charge in [0.1, 0.15) is 0 Å². The molecule has 0 saturated carbocycles. The van der Waals surface area contributed by atoms with E-state index < -0.39 is 16.2 Å². The van der Waals surface area contributed by atoms with E-state index in [4.69, 9.17) is 0 Å². The zero-order valence-electron chi connectivity index (χ0n) is 61.5. The van der Waals surface area contributed by atoms with Crippen molar-refractivity contribution in [2.24, 2.45) is 0 Å². The van der Waals surface area contributed by atoms with Gasteiger partial charge in [0.15, 0.2) is 0 Å². The summed E-state index contributed by atoms with van der Waals surface area (Å²) in [5.41, 5.74) is 47.0. The minimum Gasteiger partial charge on any atom is -0.0642 e. The lowest BCUT2D eigenvalue weighted by Crippen LogP contribution is -2.32. The van der Waals surface area contributed by atoms with Crippen molar-refractivity contribution < 1.29 is 0 Å². The molecule has 0 aliphatic heterocycles. The number of fused-ring (bicyclic) bond motifs is 21. The molecule has 0 heterocycles. The van der Waals surface area contributed by atoms with Crippen molar-refractivity contribution in [3.8, 4) is 66.8 Å². The quantitative estimate of drug-likeness (QED) is 0.114. The summed E-state index contributed by atoms with van der Waals surface area (Å²) in [6, 6.07) is 103. The van der Waals surface area contributed by atoms with Crippen LogP contribution in [0.25, 0.3) is 66.8 Å². The molecule has 0 aromatic heterocycles. The zero-order valence-corrected chi connectivity index (χ0v) is 61.5. The highest BCUT2D eigenvalue weighted by Crippen LogP contribution is 2.74. The largest absolute Gasteiger partial charge is 0.0713 e. The maximum atomic E-state index is 2.82. The second-order valence-corrected chi connectivity index (χ2v) is 31.5. The summed E-state index contributed by atoms with van der Waals surface area (Å²) >= 11 is 0. The number of rotatable bonds is 12. The van der Waals surface area contributed by atoms with Gasteiger partial charge in [0.25, 0.3) is 0 Å². The Morgan fingerprint density at radius 2 is 0.392 bits per heavy atom. The van der Waals surface area contributed by atoms with E-state index in [9.17, 15) is 0 Å². The van der Waals surface area contributed by atoms with Gasteiger partial charge in [0, 0.05) is 16.2 Å². The SMILES string of the molecule is CCC1(CC)c2cc3c(cc2-c2c4c(c5c(c21)-c1cc2c(cc1C5(CC)CC)-c1ccccc1C2(c1ccc(C)cc1)c1ccc(C)cc1)C(CC)(CC)c1cc2c(cc1-4)C(c1ccc(C)cc1)(c1ccc(C)cc1)c1ccccc1-2)C(c1ccc(C)cc1)(c1ccc(C)cc1)c1ccccc1-3. The van der Waals surface area contributed by atoms with Crippen LogP contribution in [-0.2, 0) is 32.5 Å². The van der Waals surface area contributed by atoms with Gasteiger partial charge in [-0.3, -0.25) is 0 Å². The molecule has 13 aromatic carbocycles. The number of aryl methyl sites for hydroxylation is 6. The van der Waals surface area contributed by atoms with Gasteiger partial charge in [0.05, 0.1) is 16.2 Å². The summed E-state index contributed by atoms with van der Waals surface area (Å²) in [7, 11) is 0. The van der Waals surface area contributed by atoms with Crippen LogP contribution in [0.3, 0.4) is 0 Å². The lowest BCUT2D eigenvalue weighted by Gasteiger charge is -2.39. The van der Waals surface area contributed by atoms with E-state index in [0.29, 0.717) is 0 Å². The van der Waals surface area contributed by atoms with Crippen molar-refractivity contribution in [2.45, 2.75) is 154 Å². The van der Waals surface area contributed by atoms with Crippen molar-refractivity contribution >= 4 is 0 Å². The van der Waals surface area contributed by atoms with Crippen LogP contribution in [0.1, 0.15) is 214 Å². The Balaban J connectivity index is 1.02. The summed E-state index contributed by atoms with van der Waals surface area (Å²) in [5.74, 6) is 0. The van der Waals surface area contributed by atoms with E-state index in [0.717, 1.165) is 38.5 Å². The lowest BCUT2D eigenvalue weighted by atomic mass is 9.63. The van der Waals surface area contributed by atoms with Crippen LogP contribution in [0.5, 0.6) is 0 Å². The molecule has 0 fully saturated rings. The lowest BCUT2D eigenvalue weighted by molar-refractivity contribution is 0.445. The van der Waals surface area contributed by atoms with Crippen LogP contribution in [0.15, 0.2) is 255 Å². The van der Waals surface area contributed by atoms with Gasteiger partial charge in [0.2, 0.25) is 0 Å². The molecule has 0 radical (unpaired) electrons. The van der Waals surface area contributed by atoms with Gasteiger partial charge < -0.3 is 0 Å². The molecule has 102 heavy (non-hydrogen) atoms. The fourth-order valence-electron chi connectivity index (χ4n) is 22.3. The third-order valence-electron chi connectivity index (χ3n) is 27.4. The molecule has 19 rings (SSSR count). The Kier molecular flexibility index (Phi) is 13.7. The van der Waals surface area contributed by atoms with Crippen molar-refractivity contribution in [3.63, 3.8) is 0 Å². The Hall–Kier alpha value is -10.1. The topological polar surface area (TPSA) is 0 Å². The Morgan fingerprint density at radius 3 is 0.647 bits per heavy atom. The molecule has 0 amide bonds. The zero-order chi connectivity index (χ0) is 69.7. The molecule has 0 unspecified atom stereocenters.